The molecule has 8 heteroatoms. The molecule has 0 saturated carbocycles. The Morgan fingerprint density at radius 2 is 2.03 bits per heavy atom. The lowest BCUT2D eigenvalue weighted by Crippen LogP contribution is -2.42. The summed E-state index contributed by atoms with van der Waals surface area (Å²) in [6, 6.07) is 5.72. The first-order chi connectivity index (χ1) is 14.6. The number of hydrogen-bond donors (Lipinski definition) is 1. The molecule has 160 valence electrons. The maximum absolute atomic E-state index is 12.3. The van der Waals surface area contributed by atoms with E-state index in [1.165, 1.54) is 0 Å². The number of amides is 1. The van der Waals surface area contributed by atoms with E-state index in [2.05, 4.69) is 23.4 Å². The predicted molar refractivity (Wildman–Crippen MR) is 117 cm³/mol. The Bertz CT molecular complexity index is 1060. The second kappa shape index (κ2) is 8.87. The molecule has 1 amide bonds. The number of nitrogen functional groups attached to an aromatic ring is 1. The third-order valence-electron chi connectivity index (χ3n) is 5.53. The summed E-state index contributed by atoms with van der Waals surface area (Å²) in [5.74, 6) is 2.01. The fourth-order valence-electron chi connectivity index (χ4n) is 3.90. The minimum Gasteiger partial charge on any atom is -0.484 e. The minimum atomic E-state index is -0.0356. The van der Waals surface area contributed by atoms with Crippen LogP contribution in [0.1, 0.15) is 32.5 Å². The standard InChI is InChI=1S/C22H29N5O3/c1-3-5-8-27-18(4-2)25-20-21(27)16-7-6-15(13-17(16)24-22(20)23)30-14-19(28)26-9-11-29-12-10-26/h6-7,13H,3-5,8-12,14H2,1-2H3,(H2,23,24). The molecule has 1 aromatic carbocycles. The van der Waals surface area contributed by atoms with Gasteiger partial charge in [-0.25, -0.2) is 9.97 Å². The number of rotatable bonds is 7. The van der Waals surface area contributed by atoms with Crippen LogP contribution >= 0.6 is 0 Å². The van der Waals surface area contributed by atoms with Crippen LogP contribution in [0.4, 0.5) is 5.82 Å². The summed E-state index contributed by atoms with van der Waals surface area (Å²) in [6.45, 7) is 7.56. The number of nitrogens with two attached hydrogens (primary N) is 1. The molecule has 1 saturated heterocycles. The van der Waals surface area contributed by atoms with Crippen molar-refractivity contribution in [3.63, 3.8) is 0 Å². The first-order valence-corrected chi connectivity index (χ1v) is 10.7. The van der Waals surface area contributed by atoms with Crippen LogP contribution in [0.25, 0.3) is 21.9 Å². The molecule has 0 bridgehead atoms. The summed E-state index contributed by atoms with van der Waals surface area (Å²) in [6.07, 6.45) is 3.02. The number of unbranched alkanes of at least 4 members (excludes halogenated alkanes) is 1. The number of aromatic nitrogens is 3. The van der Waals surface area contributed by atoms with Gasteiger partial charge in [-0.15, -0.1) is 0 Å². The SMILES string of the molecule is CCCCn1c(CC)nc2c(N)nc3cc(OCC(=O)N4CCOCC4)ccc3c21. The number of ether oxygens (including phenoxy) is 2. The van der Waals surface area contributed by atoms with E-state index in [1.54, 1.807) is 4.90 Å². The van der Waals surface area contributed by atoms with Crippen LogP contribution in [0.15, 0.2) is 18.2 Å². The predicted octanol–water partition coefficient (Wildman–Crippen LogP) is 2.77. The van der Waals surface area contributed by atoms with Crippen LogP contribution in [-0.2, 0) is 22.5 Å². The highest BCUT2D eigenvalue weighted by Crippen LogP contribution is 2.31. The van der Waals surface area contributed by atoms with Crippen LogP contribution in [0.3, 0.4) is 0 Å². The van der Waals surface area contributed by atoms with Crippen molar-refractivity contribution in [3.05, 3.63) is 24.0 Å². The Labute approximate surface area is 176 Å². The Kier molecular flexibility index (Phi) is 6.03. The molecule has 4 rings (SSSR count). The van der Waals surface area contributed by atoms with Gasteiger partial charge in [-0.1, -0.05) is 20.3 Å². The maximum atomic E-state index is 12.3. The first kappa shape index (κ1) is 20.4. The van der Waals surface area contributed by atoms with Gasteiger partial charge in [0.05, 0.1) is 24.2 Å². The number of fused-ring (bicyclic) bond motifs is 3. The smallest absolute Gasteiger partial charge is 0.260 e. The number of morpholine rings is 1. The number of carbonyl (C=O) groups is 1. The summed E-state index contributed by atoms with van der Waals surface area (Å²) < 4.78 is 13.3. The summed E-state index contributed by atoms with van der Waals surface area (Å²) in [7, 11) is 0. The molecule has 3 heterocycles. The molecular weight excluding hydrogens is 382 g/mol. The summed E-state index contributed by atoms with van der Waals surface area (Å²) in [5, 5.41) is 0.995. The molecule has 2 aromatic heterocycles. The van der Waals surface area contributed by atoms with Gasteiger partial charge in [0.15, 0.2) is 12.4 Å². The minimum absolute atomic E-state index is 0.00233. The molecule has 1 aliphatic heterocycles. The average Bonchev–Trinajstić information content (AvgIpc) is 3.16. The number of carbonyl (C=O) groups excluding carboxylic acids is 1. The van der Waals surface area contributed by atoms with E-state index in [9.17, 15) is 4.79 Å². The molecule has 0 atom stereocenters. The number of benzene rings is 1. The van der Waals surface area contributed by atoms with Crippen molar-refractivity contribution in [1.82, 2.24) is 19.4 Å². The van der Waals surface area contributed by atoms with Gasteiger partial charge >= 0.3 is 0 Å². The van der Waals surface area contributed by atoms with Gasteiger partial charge in [0.2, 0.25) is 0 Å². The van der Waals surface area contributed by atoms with Gasteiger partial charge in [-0.3, -0.25) is 4.79 Å². The van der Waals surface area contributed by atoms with Crippen molar-refractivity contribution in [2.24, 2.45) is 0 Å². The molecule has 0 spiro atoms. The zero-order chi connectivity index (χ0) is 21.1. The van der Waals surface area contributed by atoms with E-state index >= 15 is 0 Å². The molecule has 0 aliphatic carbocycles. The molecule has 30 heavy (non-hydrogen) atoms. The summed E-state index contributed by atoms with van der Waals surface area (Å²) in [5.41, 5.74) is 8.79. The Morgan fingerprint density at radius 3 is 2.77 bits per heavy atom. The lowest BCUT2D eigenvalue weighted by atomic mass is 10.1. The van der Waals surface area contributed by atoms with Crippen LogP contribution in [0.2, 0.25) is 0 Å². The Balaban J connectivity index is 1.64. The van der Waals surface area contributed by atoms with Crippen molar-refractivity contribution in [2.45, 2.75) is 39.7 Å². The monoisotopic (exact) mass is 411 g/mol. The fourth-order valence-corrected chi connectivity index (χ4v) is 3.90. The largest absolute Gasteiger partial charge is 0.484 e. The Morgan fingerprint density at radius 1 is 1.23 bits per heavy atom. The third kappa shape index (κ3) is 3.92. The lowest BCUT2D eigenvalue weighted by Gasteiger charge is -2.26. The number of anilines is 1. The van der Waals surface area contributed by atoms with Crippen LogP contribution < -0.4 is 10.5 Å². The molecule has 1 aliphatic rings. The second-order valence-corrected chi connectivity index (χ2v) is 7.54. The molecular formula is C22H29N5O3. The van der Waals surface area contributed by atoms with E-state index in [4.69, 9.17) is 20.2 Å². The van der Waals surface area contributed by atoms with Crippen LogP contribution in [0.5, 0.6) is 5.75 Å². The molecule has 1 fully saturated rings. The van der Waals surface area contributed by atoms with E-state index in [-0.39, 0.29) is 12.5 Å². The number of pyridine rings is 1. The molecule has 8 nitrogen and oxygen atoms in total. The third-order valence-corrected chi connectivity index (χ3v) is 5.53. The highest BCUT2D eigenvalue weighted by Gasteiger charge is 2.19. The highest BCUT2D eigenvalue weighted by atomic mass is 16.5. The van der Waals surface area contributed by atoms with Gasteiger partial charge in [-0.05, 0) is 18.6 Å². The topological polar surface area (TPSA) is 95.5 Å². The quantitative estimate of drug-likeness (QED) is 0.642. The maximum Gasteiger partial charge on any atom is 0.260 e. The van der Waals surface area contributed by atoms with Gasteiger partial charge in [0.1, 0.15) is 17.1 Å². The molecule has 0 radical (unpaired) electrons. The first-order valence-electron chi connectivity index (χ1n) is 10.7. The van der Waals surface area contributed by atoms with E-state index in [1.807, 2.05) is 18.2 Å². The van der Waals surface area contributed by atoms with E-state index < -0.39 is 0 Å². The van der Waals surface area contributed by atoms with E-state index in [0.717, 1.165) is 53.6 Å². The zero-order valence-corrected chi connectivity index (χ0v) is 17.7. The zero-order valence-electron chi connectivity index (χ0n) is 17.7. The normalized spacial score (nSPS) is 14.5. The van der Waals surface area contributed by atoms with Gasteiger partial charge in [0.25, 0.3) is 5.91 Å². The van der Waals surface area contributed by atoms with Crippen molar-refractivity contribution in [3.8, 4) is 5.75 Å². The molecule has 2 N–H and O–H groups in total. The summed E-state index contributed by atoms with van der Waals surface area (Å²) >= 11 is 0. The van der Waals surface area contributed by atoms with Crippen molar-refractivity contribution in [2.75, 3.05) is 38.6 Å². The van der Waals surface area contributed by atoms with E-state index in [0.29, 0.717) is 37.9 Å². The second-order valence-electron chi connectivity index (χ2n) is 7.54. The van der Waals surface area contributed by atoms with Crippen molar-refractivity contribution < 1.29 is 14.3 Å². The number of imidazole rings is 1. The van der Waals surface area contributed by atoms with Gasteiger partial charge in [-0.2, -0.15) is 0 Å². The number of nitrogens with zero attached hydrogens (tertiary/aromatic N) is 4. The Hall–Kier alpha value is -2.87. The fraction of sp³-hybridized carbons (Fsp3) is 0.500. The van der Waals surface area contributed by atoms with Crippen molar-refractivity contribution >= 4 is 33.7 Å². The van der Waals surface area contributed by atoms with Crippen LogP contribution in [0, 0.1) is 0 Å². The number of hydrogen-bond acceptors (Lipinski definition) is 6. The summed E-state index contributed by atoms with van der Waals surface area (Å²) in [4.78, 5) is 23.4. The number of aryl methyl sites for hydroxylation is 2. The highest BCUT2D eigenvalue weighted by molar-refractivity contribution is 6.07. The van der Waals surface area contributed by atoms with Crippen LogP contribution in [-0.4, -0.2) is 58.3 Å². The lowest BCUT2D eigenvalue weighted by molar-refractivity contribution is -0.137. The molecule has 3 aromatic rings. The van der Waals surface area contributed by atoms with Crippen molar-refractivity contribution in [1.29, 1.82) is 0 Å². The average molecular weight is 412 g/mol. The van der Waals surface area contributed by atoms with Gasteiger partial charge < -0.3 is 24.7 Å². The van der Waals surface area contributed by atoms with Gasteiger partial charge in [0, 0.05) is 37.5 Å². The molecule has 0 unspecified atom stereocenters.